The van der Waals surface area contributed by atoms with E-state index in [2.05, 4.69) is 0 Å². The Morgan fingerprint density at radius 3 is 3.14 bits per heavy atom. The standard InChI is InChI=1S/C10H14O4/c1-13-10-4-7(5-11)2-3-8(10)6-14-9(10)12/h2-3,7-8,11H,4-6H2,1H3/t7-,8-,10+/m0/s1. The van der Waals surface area contributed by atoms with Crippen molar-refractivity contribution in [2.45, 2.75) is 12.0 Å². The monoisotopic (exact) mass is 198 g/mol. The molecule has 0 spiro atoms. The van der Waals surface area contributed by atoms with Crippen molar-refractivity contribution >= 4 is 5.97 Å². The van der Waals surface area contributed by atoms with Gasteiger partial charge in [0.15, 0.2) is 5.60 Å². The maximum absolute atomic E-state index is 11.6. The summed E-state index contributed by atoms with van der Waals surface area (Å²) in [5, 5.41) is 9.05. The Morgan fingerprint density at radius 2 is 2.50 bits per heavy atom. The molecule has 4 heteroatoms. The first-order valence-electron chi connectivity index (χ1n) is 4.74. The van der Waals surface area contributed by atoms with Crippen molar-refractivity contribution in [1.82, 2.24) is 0 Å². The van der Waals surface area contributed by atoms with E-state index in [0.29, 0.717) is 13.0 Å². The van der Waals surface area contributed by atoms with E-state index < -0.39 is 5.60 Å². The Balaban J connectivity index is 2.29. The number of hydrogen-bond donors (Lipinski definition) is 1. The molecule has 0 unspecified atom stereocenters. The number of fused-ring (bicyclic) bond motifs is 1. The molecular weight excluding hydrogens is 184 g/mol. The zero-order valence-corrected chi connectivity index (χ0v) is 8.10. The molecule has 1 fully saturated rings. The van der Waals surface area contributed by atoms with E-state index in [1.54, 1.807) is 0 Å². The average Bonchev–Trinajstić information content (AvgIpc) is 2.56. The summed E-state index contributed by atoms with van der Waals surface area (Å²) in [6.07, 6.45) is 4.36. The number of methoxy groups -OCH3 is 1. The van der Waals surface area contributed by atoms with Crippen LogP contribution in [-0.2, 0) is 14.3 Å². The van der Waals surface area contributed by atoms with Crippen LogP contribution in [0.3, 0.4) is 0 Å². The molecule has 0 amide bonds. The van der Waals surface area contributed by atoms with Gasteiger partial charge >= 0.3 is 5.97 Å². The van der Waals surface area contributed by atoms with Crippen molar-refractivity contribution in [3.63, 3.8) is 0 Å². The largest absolute Gasteiger partial charge is 0.463 e. The predicted octanol–water partition coefficient (Wildman–Crippen LogP) is 0.113. The Morgan fingerprint density at radius 1 is 1.71 bits per heavy atom. The first-order chi connectivity index (χ1) is 6.73. The highest BCUT2D eigenvalue weighted by molar-refractivity contribution is 5.83. The van der Waals surface area contributed by atoms with E-state index in [0.717, 1.165) is 0 Å². The van der Waals surface area contributed by atoms with Gasteiger partial charge in [-0.05, 0) is 6.42 Å². The fourth-order valence-electron chi connectivity index (χ4n) is 2.21. The lowest BCUT2D eigenvalue weighted by atomic mass is 9.77. The summed E-state index contributed by atoms with van der Waals surface area (Å²) in [7, 11) is 1.52. The second-order valence-electron chi connectivity index (χ2n) is 3.83. The van der Waals surface area contributed by atoms with Gasteiger partial charge in [0.05, 0.1) is 5.92 Å². The second-order valence-corrected chi connectivity index (χ2v) is 3.83. The number of aliphatic hydroxyl groups is 1. The first-order valence-corrected chi connectivity index (χ1v) is 4.74. The van der Waals surface area contributed by atoms with E-state index in [9.17, 15) is 4.79 Å². The molecule has 0 radical (unpaired) electrons. The minimum absolute atomic E-state index is 0.00259. The normalized spacial score (nSPS) is 40.9. The molecular formula is C10H14O4. The molecule has 2 aliphatic rings. The van der Waals surface area contributed by atoms with Crippen LogP contribution in [0.5, 0.6) is 0 Å². The van der Waals surface area contributed by atoms with Crippen molar-refractivity contribution < 1.29 is 19.4 Å². The molecule has 0 bridgehead atoms. The summed E-state index contributed by atoms with van der Waals surface area (Å²) >= 11 is 0. The molecule has 14 heavy (non-hydrogen) atoms. The number of ether oxygens (including phenoxy) is 2. The maximum atomic E-state index is 11.6. The summed E-state index contributed by atoms with van der Waals surface area (Å²) in [5.74, 6) is -0.299. The van der Waals surface area contributed by atoms with Gasteiger partial charge in [0.1, 0.15) is 6.61 Å². The predicted molar refractivity (Wildman–Crippen MR) is 48.5 cm³/mol. The molecule has 1 aliphatic carbocycles. The number of aliphatic hydroxyl groups excluding tert-OH is 1. The highest BCUT2D eigenvalue weighted by Crippen LogP contribution is 2.40. The van der Waals surface area contributed by atoms with Gasteiger partial charge in [0.2, 0.25) is 0 Å². The van der Waals surface area contributed by atoms with Gasteiger partial charge in [0.25, 0.3) is 0 Å². The molecule has 3 atom stereocenters. The maximum Gasteiger partial charge on any atom is 0.339 e. The Hall–Kier alpha value is -0.870. The van der Waals surface area contributed by atoms with Crippen LogP contribution in [0.1, 0.15) is 6.42 Å². The average molecular weight is 198 g/mol. The number of hydrogen-bond acceptors (Lipinski definition) is 4. The molecule has 1 saturated heterocycles. The van der Waals surface area contributed by atoms with Gasteiger partial charge in [-0.15, -0.1) is 0 Å². The molecule has 1 N–H and O–H groups in total. The Labute approximate surface area is 82.5 Å². The number of carbonyl (C=O) groups is 1. The van der Waals surface area contributed by atoms with Gasteiger partial charge in [-0.3, -0.25) is 0 Å². The first kappa shape index (κ1) is 9.68. The van der Waals surface area contributed by atoms with Crippen LogP contribution in [0.4, 0.5) is 0 Å². The fourth-order valence-corrected chi connectivity index (χ4v) is 2.21. The van der Waals surface area contributed by atoms with E-state index in [-0.39, 0.29) is 24.4 Å². The van der Waals surface area contributed by atoms with Gasteiger partial charge in [0, 0.05) is 19.6 Å². The smallest absolute Gasteiger partial charge is 0.339 e. The Kier molecular flexibility index (Phi) is 2.33. The number of carbonyl (C=O) groups excluding carboxylic acids is 1. The molecule has 1 aliphatic heterocycles. The van der Waals surface area contributed by atoms with Crippen molar-refractivity contribution in [2.75, 3.05) is 20.3 Å². The van der Waals surface area contributed by atoms with Gasteiger partial charge in [-0.25, -0.2) is 4.79 Å². The van der Waals surface area contributed by atoms with Crippen LogP contribution in [0, 0.1) is 11.8 Å². The van der Waals surface area contributed by atoms with Crippen LogP contribution in [0.25, 0.3) is 0 Å². The molecule has 0 aromatic carbocycles. The molecule has 78 valence electrons. The lowest BCUT2D eigenvalue weighted by Gasteiger charge is -2.33. The van der Waals surface area contributed by atoms with Gasteiger partial charge in [-0.2, -0.15) is 0 Å². The lowest BCUT2D eigenvalue weighted by molar-refractivity contribution is -0.159. The molecule has 1 heterocycles. The molecule has 0 saturated carbocycles. The topological polar surface area (TPSA) is 55.8 Å². The zero-order valence-electron chi connectivity index (χ0n) is 8.10. The van der Waals surface area contributed by atoms with Crippen LogP contribution in [-0.4, -0.2) is 37.0 Å². The minimum Gasteiger partial charge on any atom is -0.463 e. The van der Waals surface area contributed by atoms with Crippen LogP contribution in [0.2, 0.25) is 0 Å². The highest BCUT2D eigenvalue weighted by Gasteiger charge is 2.54. The number of cyclic esters (lactones) is 1. The summed E-state index contributed by atoms with van der Waals surface area (Å²) < 4.78 is 10.3. The third-order valence-corrected chi connectivity index (χ3v) is 3.12. The van der Waals surface area contributed by atoms with Crippen LogP contribution in [0.15, 0.2) is 12.2 Å². The Bertz CT molecular complexity index is 273. The summed E-state index contributed by atoms with van der Waals surface area (Å²) in [5.41, 5.74) is -0.845. The van der Waals surface area contributed by atoms with Crippen molar-refractivity contribution in [1.29, 1.82) is 0 Å². The summed E-state index contributed by atoms with van der Waals surface area (Å²) in [4.78, 5) is 11.6. The minimum atomic E-state index is -0.845. The number of esters is 1. The lowest BCUT2D eigenvalue weighted by Crippen LogP contribution is -2.46. The molecule has 2 rings (SSSR count). The van der Waals surface area contributed by atoms with Crippen molar-refractivity contribution in [2.24, 2.45) is 11.8 Å². The highest BCUT2D eigenvalue weighted by atomic mass is 16.6. The van der Waals surface area contributed by atoms with Gasteiger partial charge < -0.3 is 14.6 Å². The summed E-state index contributed by atoms with van der Waals surface area (Å²) in [6, 6.07) is 0. The molecule has 0 aromatic heterocycles. The van der Waals surface area contributed by atoms with Crippen LogP contribution < -0.4 is 0 Å². The van der Waals surface area contributed by atoms with Crippen LogP contribution >= 0.6 is 0 Å². The van der Waals surface area contributed by atoms with E-state index >= 15 is 0 Å². The molecule has 0 aromatic rings. The SMILES string of the molecule is CO[C@]12C[C@@H](CO)C=C[C@H]1COC2=O. The van der Waals surface area contributed by atoms with Crippen molar-refractivity contribution in [3.05, 3.63) is 12.2 Å². The fraction of sp³-hybridized carbons (Fsp3) is 0.700. The quantitative estimate of drug-likeness (QED) is 0.505. The van der Waals surface area contributed by atoms with Gasteiger partial charge in [-0.1, -0.05) is 12.2 Å². The third kappa shape index (κ3) is 1.18. The summed E-state index contributed by atoms with van der Waals surface area (Å²) in [6.45, 7) is 0.433. The zero-order chi connectivity index (χ0) is 10.2. The van der Waals surface area contributed by atoms with Crippen molar-refractivity contribution in [3.8, 4) is 0 Å². The molecule has 4 nitrogen and oxygen atoms in total. The number of rotatable bonds is 2. The third-order valence-electron chi connectivity index (χ3n) is 3.12. The van der Waals surface area contributed by atoms with E-state index in [1.165, 1.54) is 7.11 Å². The second kappa shape index (κ2) is 3.37. The van der Waals surface area contributed by atoms with E-state index in [1.807, 2.05) is 12.2 Å². The van der Waals surface area contributed by atoms with E-state index in [4.69, 9.17) is 14.6 Å².